The molecule has 1 aromatic heterocycles. The Morgan fingerprint density at radius 2 is 2.00 bits per heavy atom. The molecule has 6 nitrogen and oxygen atoms in total. The Hall–Kier alpha value is -1.86. The summed E-state index contributed by atoms with van der Waals surface area (Å²) < 4.78 is 28.0. The number of aryl methyl sites for hydroxylation is 2. The van der Waals surface area contributed by atoms with Crippen molar-refractivity contribution in [3.05, 3.63) is 42.1 Å². The number of hydrogen-bond donors (Lipinski definition) is 2. The van der Waals surface area contributed by atoms with Gasteiger partial charge in [-0.2, -0.15) is 5.10 Å². The van der Waals surface area contributed by atoms with E-state index in [4.69, 9.17) is 5.73 Å². The molecule has 0 bridgehead atoms. The van der Waals surface area contributed by atoms with Gasteiger partial charge in [0.05, 0.1) is 0 Å². The van der Waals surface area contributed by atoms with Crippen LogP contribution in [0.4, 0.5) is 5.82 Å². The fourth-order valence-electron chi connectivity index (χ4n) is 1.91. The molecule has 0 aliphatic carbocycles. The maximum Gasteiger partial charge on any atom is 0.245 e. The molecular formula is C13H18N4O2S. The lowest BCUT2D eigenvalue weighted by Crippen LogP contribution is -2.25. The van der Waals surface area contributed by atoms with Crippen LogP contribution >= 0.6 is 0 Å². The highest BCUT2D eigenvalue weighted by Crippen LogP contribution is 2.15. The van der Waals surface area contributed by atoms with E-state index >= 15 is 0 Å². The maximum absolute atomic E-state index is 12.0. The summed E-state index contributed by atoms with van der Waals surface area (Å²) in [4.78, 5) is 0.0275. The smallest absolute Gasteiger partial charge is 0.245 e. The van der Waals surface area contributed by atoms with E-state index in [0.717, 1.165) is 12.8 Å². The van der Waals surface area contributed by atoms with Gasteiger partial charge in [-0.05, 0) is 18.4 Å². The summed E-state index contributed by atoms with van der Waals surface area (Å²) in [5.41, 5.74) is 6.76. The zero-order valence-corrected chi connectivity index (χ0v) is 12.1. The van der Waals surface area contributed by atoms with Gasteiger partial charge in [-0.15, -0.1) is 0 Å². The number of hydrogen-bond acceptors (Lipinski definition) is 4. The SMILES string of the molecule is Cn1cc(S(=O)(=O)NCCCc2ccccc2)c(N)n1. The number of nitrogen functional groups attached to an aromatic ring is 1. The van der Waals surface area contributed by atoms with Crippen molar-refractivity contribution in [1.29, 1.82) is 0 Å². The Kier molecular flexibility index (Phi) is 4.41. The van der Waals surface area contributed by atoms with Crippen LogP contribution in [0.15, 0.2) is 41.4 Å². The molecule has 0 spiro atoms. The van der Waals surface area contributed by atoms with Gasteiger partial charge in [0.15, 0.2) is 5.82 Å². The summed E-state index contributed by atoms with van der Waals surface area (Å²) in [6, 6.07) is 9.93. The lowest BCUT2D eigenvalue weighted by atomic mass is 10.1. The molecule has 0 saturated heterocycles. The van der Waals surface area contributed by atoms with Crippen molar-refractivity contribution in [2.75, 3.05) is 12.3 Å². The molecule has 0 aliphatic heterocycles. The molecular weight excluding hydrogens is 276 g/mol. The Balaban J connectivity index is 1.89. The molecule has 0 atom stereocenters. The summed E-state index contributed by atoms with van der Waals surface area (Å²) in [6.45, 7) is 0.367. The first kappa shape index (κ1) is 14.5. The van der Waals surface area contributed by atoms with Crippen LogP contribution < -0.4 is 10.5 Å². The van der Waals surface area contributed by atoms with Crippen LogP contribution in [-0.4, -0.2) is 24.7 Å². The molecule has 20 heavy (non-hydrogen) atoms. The predicted octanol–water partition coefficient (Wildman–Crippen LogP) is 0.913. The number of nitrogens with two attached hydrogens (primary N) is 1. The third-order valence-corrected chi connectivity index (χ3v) is 4.37. The van der Waals surface area contributed by atoms with Gasteiger partial charge in [-0.3, -0.25) is 4.68 Å². The van der Waals surface area contributed by atoms with Crippen LogP contribution in [0.2, 0.25) is 0 Å². The molecule has 2 rings (SSSR count). The van der Waals surface area contributed by atoms with Crippen molar-refractivity contribution in [3.8, 4) is 0 Å². The second-order valence-electron chi connectivity index (χ2n) is 4.54. The number of sulfonamides is 1. The van der Waals surface area contributed by atoms with E-state index in [0.29, 0.717) is 6.54 Å². The summed E-state index contributed by atoms with van der Waals surface area (Å²) in [7, 11) is -1.95. The van der Waals surface area contributed by atoms with Gasteiger partial charge < -0.3 is 5.73 Å². The molecule has 1 heterocycles. The minimum absolute atomic E-state index is 0.0167. The van der Waals surface area contributed by atoms with Gasteiger partial charge in [0.25, 0.3) is 0 Å². The largest absolute Gasteiger partial charge is 0.381 e. The molecule has 0 saturated carbocycles. The number of anilines is 1. The van der Waals surface area contributed by atoms with Gasteiger partial charge in [0, 0.05) is 19.8 Å². The van der Waals surface area contributed by atoms with Crippen LogP contribution in [0.25, 0.3) is 0 Å². The highest BCUT2D eigenvalue weighted by atomic mass is 32.2. The first-order chi connectivity index (χ1) is 9.49. The monoisotopic (exact) mass is 294 g/mol. The lowest BCUT2D eigenvalue weighted by molar-refractivity contribution is 0.579. The third kappa shape index (κ3) is 3.58. The second kappa shape index (κ2) is 6.06. The van der Waals surface area contributed by atoms with Gasteiger partial charge in [0.2, 0.25) is 10.0 Å². The zero-order valence-electron chi connectivity index (χ0n) is 11.3. The molecule has 0 fully saturated rings. The summed E-state index contributed by atoms with van der Waals surface area (Å²) in [5.74, 6) is 0.0167. The van der Waals surface area contributed by atoms with Gasteiger partial charge in [-0.25, -0.2) is 13.1 Å². The van der Waals surface area contributed by atoms with E-state index < -0.39 is 10.0 Å². The van der Waals surface area contributed by atoms with Crippen LogP contribution in [-0.2, 0) is 23.5 Å². The first-order valence-electron chi connectivity index (χ1n) is 6.32. The predicted molar refractivity (Wildman–Crippen MR) is 77.6 cm³/mol. The topological polar surface area (TPSA) is 90.0 Å². The fraction of sp³-hybridized carbons (Fsp3) is 0.308. The molecule has 0 amide bonds. The molecule has 3 N–H and O–H groups in total. The number of nitrogens with zero attached hydrogens (tertiary/aromatic N) is 2. The van der Waals surface area contributed by atoms with Crippen molar-refractivity contribution >= 4 is 15.8 Å². The molecule has 0 unspecified atom stereocenters. The maximum atomic E-state index is 12.0. The van der Waals surface area contributed by atoms with Crippen molar-refractivity contribution in [3.63, 3.8) is 0 Å². The molecule has 2 aromatic rings. The Bertz CT molecular complexity index is 665. The average molecular weight is 294 g/mol. The highest BCUT2D eigenvalue weighted by molar-refractivity contribution is 7.89. The van der Waals surface area contributed by atoms with E-state index in [2.05, 4.69) is 9.82 Å². The molecule has 0 aliphatic rings. The van der Waals surface area contributed by atoms with E-state index in [-0.39, 0.29) is 10.7 Å². The fourth-order valence-corrected chi connectivity index (χ4v) is 3.09. The third-order valence-electron chi connectivity index (χ3n) is 2.89. The van der Waals surface area contributed by atoms with Gasteiger partial charge in [0.1, 0.15) is 4.90 Å². The van der Waals surface area contributed by atoms with Gasteiger partial charge in [-0.1, -0.05) is 30.3 Å². The molecule has 108 valence electrons. The van der Waals surface area contributed by atoms with Crippen molar-refractivity contribution in [2.45, 2.75) is 17.7 Å². The Labute approximate surface area is 118 Å². The quantitative estimate of drug-likeness (QED) is 0.775. The minimum Gasteiger partial charge on any atom is -0.381 e. The Morgan fingerprint density at radius 3 is 2.60 bits per heavy atom. The van der Waals surface area contributed by atoms with E-state index in [1.807, 2.05) is 30.3 Å². The Morgan fingerprint density at radius 1 is 1.30 bits per heavy atom. The van der Waals surface area contributed by atoms with E-state index in [1.54, 1.807) is 7.05 Å². The van der Waals surface area contributed by atoms with E-state index in [9.17, 15) is 8.42 Å². The van der Waals surface area contributed by atoms with Gasteiger partial charge >= 0.3 is 0 Å². The zero-order chi connectivity index (χ0) is 14.6. The first-order valence-corrected chi connectivity index (χ1v) is 7.80. The van der Waals surface area contributed by atoms with Crippen molar-refractivity contribution in [1.82, 2.24) is 14.5 Å². The minimum atomic E-state index is -3.58. The lowest BCUT2D eigenvalue weighted by Gasteiger charge is -2.05. The standard InChI is InChI=1S/C13H18N4O2S/c1-17-10-12(13(14)16-17)20(18,19)15-9-5-8-11-6-3-2-4-7-11/h2-4,6-7,10,15H,5,8-9H2,1H3,(H2,14,16). The average Bonchev–Trinajstić information content (AvgIpc) is 2.76. The van der Waals surface area contributed by atoms with Crippen LogP contribution in [0.1, 0.15) is 12.0 Å². The number of nitrogens with one attached hydrogen (secondary N) is 1. The summed E-state index contributed by atoms with van der Waals surface area (Å²) in [6.07, 6.45) is 2.95. The van der Waals surface area contributed by atoms with Crippen LogP contribution in [0.3, 0.4) is 0 Å². The highest BCUT2D eigenvalue weighted by Gasteiger charge is 2.19. The second-order valence-corrected chi connectivity index (χ2v) is 6.27. The number of benzene rings is 1. The number of rotatable bonds is 6. The molecule has 0 radical (unpaired) electrons. The van der Waals surface area contributed by atoms with E-state index in [1.165, 1.54) is 16.4 Å². The number of aromatic nitrogens is 2. The molecule has 1 aromatic carbocycles. The summed E-state index contributed by atoms with van der Waals surface area (Å²) in [5, 5.41) is 3.83. The van der Waals surface area contributed by atoms with Crippen molar-refractivity contribution < 1.29 is 8.42 Å². The normalized spacial score (nSPS) is 11.7. The van der Waals surface area contributed by atoms with Crippen LogP contribution in [0, 0.1) is 0 Å². The summed E-state index contributed by atoms with van der Waals surface area (Å²) >= 11 is 0. The van der Waals surface area contributed by atoms with Crippen LogP contribution in [0.5, 0.6) is 0 Å². The molecule has 7 heteroatoms. The van der Waals surface area contributed by atoms with Crippen molar-refractivity contribution in [2.24, 2.45) is 7.05 Å².